The van der Waals surface area contributed by atoms with Crippen LogP contribution in [0.15, 0.2) is 24.3 Å². The van der Waals surface area contributed by atoms with Crippen molar-refractivity contribution in [2.24, 2.45) is 5.73 Å². The average Bonchev–Trinajstić information content (AvgIpc) is 2.37. The summed E-state index contributed by atoms with van der Waals surface area (Å²) in [5.74, 6) is -0.339. The largest absolute Gasteiger partial charge is 0.508 e. The van der Waals surface area contributed by atoms with Crippen LogP contribution in [0.25, 0.3) is 0 Å². The number of nitrogens with two attached hydrogens (primary N) is 1. The van der Waals surface area contributed by atoms with E-state index in [4.69, 9.17) is 10.5 Å². The van der Waals surface area contributed by atoms with Crippen LogP contribution in [0, 0.1) is 0 Å². The molecule has 0 saturated carbocycles. The van der Waals surface area contributed by atoms with E-state index in [0.717, 1.165) is 12.0 Å². The summed E-state index contributed by atoms with van der Waals surface area (Å²) >= 11 is 0. The maximum absolute atomic E-state index is 11.8. The fraction of sp³-hybridized carbons (Fsp3) is 0.500. The number of carbonyl (C=O) groups is 1. The summed E-state index contributed by atoms with van der Waals surface area (Å²) in [6.07, 6.45) is 0.655. The monoisotopic (exact) mass is 251 g/mol. The second-order valence-electron chi connectivity index (χ2n) is 4.56. The minimum atomic E-state index is -0.691. The first-order valence-electron chi connectivity index (χ1n) is 6.20. The summed E-state index contributed by atoms with van der Waals surface area (Å²) in [7, 11) is 0. The Labute approximate surface area is 108 Å². The Hall–Kier alpha value is -1.55. The van der Waals surface area contributed by atoms with E-state index in [0.29, 0.717) is 0 Å². The Balaban J connectivity index is 2.68. The van der Waals surface area contributed by atoms with Gasteiger partial charge >= 0.3 is 5.97 Å². The average molecular weight is 251 g/mol. The van der Waals surface area contributed by atoms with Gasteiger partial charge in [0.2, 0.25) is 0 Å². The quantitative estimate of drug-likeness (QED) is 0.787. The summed E-state index contributed by atoms with van der Waals surface area (Å²) in [6, 6.07) is 5.99. The van der Waals surface area contributed by atoms with E-state index in [2.05, 4.69) is 0 Å². The molecule has 0 saturated heterocycles. The Morgan fingerprint density at radius 3 is 2.39 bits per heavy atom. The smallest absolute Gasteiger partial charge is 0.323 e. The Bertz CT molecular complexity index is 389. The Morgan fingerprint density at radius 1 is 1.33 bits per heavy atom. The number of rotatable bonds is 5. The van der Waals surface area contributed by atoms with Gasteiger partial charge in [-0.2, -0.15) is 0 Å². The molecule has 3 N–H and O–H groups in total. The van der Waals surface area contributed by atoms with E-state index in [1.165, 1.54) is 0 Å². The molecule has 0 aliphatic rings. The van der Waals surface area contributed by atoms with Crippen molar-refractivity contribution in [3.63, 3.8) is 0 Å². The number of phenols is 1. The van der Waals surface area contributed by atoms with Gasteiger partial charge < -0.3 is 15.6 Å². The highest BCUT2D eigenvalue weighted by Crippen LogP contribution is 2.21. The first kappa shape index (κ1) is 14.5. The number of carbonyl (C=O) groups excluding carboxylic acids is 1. The van der Waals surface area contributed by atoms with Crippen molar-refractivity contribution in [3.05, 3.63) is 29.8 Å². The standard InChI is InChI=1S/C14H21NO3/c1-4-9(2)18-14(17)13(15)10(3)11-5-7-12(16)8-6-11/h5-10,13,16H,4,15H2,1-3H3/t9?,10-,13-/m0/s1. The van der Waals surface area contributed by atoms with Crippen LogP contribution in [0.2, 0.25) is 0 Å². The molecule has 0 heterocycles. The van der Waals surface area contributed by atoms with Gasteiger partial charge in [0.1, 0.15) is 11.8 Å². The van der Waals surface area contributed by atoms with Gasteiger partial charge in [-0.25, -0.2) is 0 Å². The lowest BCUT2D eigenvalue weighted by molar-refractivity contribution is -0.150. The molecule has 1 unspecified atom stereocenters. The molecule has 4 heteroatoms. The summed E-state index contributed by atoms with van der Waals surface area (Å²) < 4.78 is 5.21. The molecule has 0 spiro atoms. The van der Waals surface area contributed by atoms with E-state index in [1.54, 1.807) is 24.3 Å². The van der Waals surface area contributed by atoms with Gasteiger partial charge in [0.05, 0.1) is 6.10 Å². The molecule has 0 radical (unpaired) electrons. The number of hydrogen-bond donors (Lipinski definition) is 2. The van der Waals surface area contributed by atoms with Crippen LogP contribution >= 0.6 is 0 Å². The second-order valence-corrected chi connectivity index (χ2v) is 4.56. The normalized spacial score (nSPS) is 15.8. The maximum Gasteiger partial charge on any atom is 0.323 e. The summed E-state index contributed by atoms with van der Waals surface area (Å²) in [5.41, 5.74) is 6.80. The minimum absolute atomic E-state index is 0.115. The lowest BCUT2D eigenvalue weighted by atomic mass is 9.94. The Morgan fingerprint density at radius 2 is 1.89 bits per heavy atom. The van der Waals surface area contributed by atoms with Crippen LogP contribution < -0.4 is 5.73 Å². The molecule has 1 aromatic carbocycles. The number of ether oxygens (including phenoxy) is 1. The van der Waals surface area contributed by atoms with Gasteiger partial charge in [0.15, 0.2) is 0 Å². The number of esters is 1. The highest BCUT2D eigenvalue weighted by atomic mass is 16.5. The SMILES string of the molecule is CCC(C)OC(=O)[C@@H](N)[C@@H](C)c1ccc(O)cc1. The van der Waals surface area contributed by atoms with Gasteiger partial charge in [0, 0.05) is 5.92 Å². The third-order valence-electron chi connectivity index (χ3n) is 3.12. The summed E-state index contributed by atoms with van der Waals surface area (Å²) in [6.45, 7) is 5.66. The fourth-order valence-electron chi connectivity index (χ4n) is 1.55. The molecule has 100 valence electrons. The first-order chi connectivity index (χ1) is 8.45. The van der Waals surface area contributed by atoms with E-state index >= 15 is 0 Å². The van der Waals surface area contributed by atoms with Gasteiger partial charge in [0.25, 0.3) is 0 Å². The van der Waals surface area contributed by atoms with Gasteiger partial charge in [-0.1, -0.05) is 26.0 Å². The molecule has 0 bridgehead atoms. The molecule has 1 aromatic rings. The zero-order chi connectivity index (χ0) is 13.7. The summed E-state index contributed by atoms with van der Waals surface area (Å²) in [5, 5.41) is 9.21. The van der Waals surface area contributed by atoms with E-state index in [1.807, 2.05) is 20.8 Å². The molecule has 0 aliphatic heterocycles. The van der Waals surface area contributed by atoms with E-state index in [9.17, 15) is 9.90 Å². The van der Waals surface area contributed by atoms with E-state index < -0.39 is 6.04 Å². The number of benzene rings is 1. The lowest BCUT2D eigenvalue weighted by Crippen LogP contribution is -2.38. The van der Waals surface area contributed by atoms with Crippen molar-refractivity contribution < 1.29 is 14.6 Å². The molecular formula is C14H21NO3. The van der Waals surface area contributed by atoms with Crippen molar-refractivity contribution >= 4 is 5.97 Å². The second kappa shape index (κ2) is 6.40. The topological polar surface area (TPSA) is 72.5 Å². The minimum Gasteiger partial charge on any atom is -0.508 e. The third kappa shape index (κ3) is 3.74. The molecule has 3 atom stereocenters. The molecular weight excluding hydrogens is 230 g/mol. The van der Waals surface area contributed by atoms with E-state index in [-0.39, 0.29) is 23.7 Å². The van der Waals surface area contributed by atoms with Crippen molar-refractivity contribution in [3.8, 4) is 5.75 Å². The van der Waals surface area contributed by atoms with Crippen molar-refractivity contribution in [1.29, 1.82) is 0 Å². The van der Waals surface area contributed by atoms with Gasteiger partial charge in [-0.05, 0) is 31.0 Å². The molecule has 0 amide bonds. The van der Waals surface area contributed by atoms with Crippen molar-refractivity contribution in [2.75, 3.05) is 0 Å². The van der Waals surface area contributed by atoms with Crippen LogP contribution in [0.3, 0.4) is 0 Å². The van der Waals surface area contributed by atoms with Crippen LogP contribution in [-0.4, -0.2) is 23.2 Å². The zero-order valence-corrected chi connectivity index (χ0v) is 11.1. The number of hydrogen-bond acceptors (Lipinski definition) is 4. The fourth-order valence-corrected chi connectivity index (χ4v) is 1.55. The number of aromatic hydroxyl groups is 1. The number of phenolic OH excluding ortho intramolecular Hbond substituents is 1. The molecule has 1 rings (SSSR count). The summed E-state index contributed by atoms with van der Waals surface area (Å²) in [4.78, 5) is 11.8. The van der Waals surface area contributed by atoms with Crippen LogP contribution in [-0.2, 0) is 9.53 Å². The lowest BCUT2D eigenvalue weighted by Gasteiger charge is -2.21. The van der Waals surface area contributed by atoms with Crippen LogP contribution in [0.4, 0.5) is 0 Å². The zero-order valence-electron chi connectivity index (χ0n) is 11.1. The molecule has 0 aliphatic carbocycles. The first-order valence-corrected chi connectivity index (χ1v) is 6.20. The van der Waals surface area contributed by atoms with Gasteiger partial charge in [-0.15, -0.1) is 0 Å². The van der Waals surface area contributed by atoms with Gasteiger partial charge in [-0.3, -0.25) is 4.79 Å². The highest BCUT2D eigenvalue weighted by Gasteiger charge is 2.24. The maximum atomic E-state index is 11.8. The van der Waals surface area contributed by atoms with Crippen LogP contribution in [0.1, 0.15) is 38.7 Å². The molecule has 0 fully saturated rings. The van der Waals surface area contributed by atoms with Crippen molar-refractivity contribution in [2.45, 2.75) is 45.3 Å². The predicted octanol–water partition coefficient (Wildman–Crippen LogP) is 2.16. The molecule has 4 nitrogen and oxygen atoms in total. The third-order valence-corrected chi connectivity index (χ3v) is 3.12. The molecule has 0 aromatic heterocycles. The van der Waals surface area contributed by atoms with Crippen molar-refractivity contribution in [1.82, 2.24) is 0 Å². The highest BCUT2D eigenvalue weighted by molar-refractivity contribution is 5.77. The van der Waals surface area contributed by atoms with Crippen LogP contribution in [0.5, 0.6) is 5.75 Å². The Kier molecular flexibility index (Phi) is 5.16. The molecule has 18 heavy (non-hydrogen) atoms. The predicted molar refractivity (Wildman–Crippen MR) is 70.3 cm³/mol.